The largest absolute Gasteiger partial charge is 0.514 e. The smallest absolute Gasteiger partial charge is 0.416 e. The van der Waals surface area contributed by atoms with E-state index in [1.165, 1.54) is 34.3 Å². The molecule has 2 aliphatic carbocycles. The zero-order chi connectivity index (χ0) is 22.3. The normalized spacial score (nSPS) is 27.6. The molecule has 0 spiro atoms. The van der Waals surface area contributed by atoms with Crippen LogP contribution in [-0.2, 0) is 16.6 Å². The quantitative estimate of drug-likeness (QED) is 0.725. The summed E-state index contributed by atoms with van der Waals surface area (Å²) in [5, 5.41) is 0. The monoisotopic (exact) mass is 430 g/mol. The summed E-state index contributed by atoms with van der Waals surface area (Å²) in [6.07, 6.45) is 5.20. The van der Waals surface area contributed by atoms with E-state index in [0.29, 0.717) is 11.8 Å². The number of nitrogens with one attached hydrogen (secondary N) is 1. The highest BCUT2D eigenvalue weighted by atomic mass is 16.6. The average molecular weight is 431 g/mol. The molecular formula is C29H36NO2+. The molecule has 0 bridgehead atoms. The van der Waals surface area contributed by atoms with E-state index in [4.69, 9.17) is 4.74 Å². The molecule has 1 saturated carbocycles. The van der Waals surface area contributed by atoms with Crippen LogP contribution >= 0.6 is 0 Å². The van der Waals surface area contributed by atoms with Crippen molar-refractivity contribution in [3.63, 3.8) is 0 Å². The highest BCUT2D eigenvalue weighted by Gasteiger charge is 2.44. The van der Waals surface area contributed by atoms with Gasteiger partial charge in [0.15, 0.2) is 0 Å². The first-order chi connectivity index (χ1) is 15.4. The zero-order valence-electron chi connectivity index (χ0n) is 19.7. The first kappa shape index (κ1) is 21.5. The lowest BCUT2D eigenvalue weighted by atomic mass is 9.64. The van der Waals surface area contributed by atoms with Gasteiger partial charge in [-0.25, -0.2) is 4.90 Å². The summed E-state index contributed by atoms with van der Waals surface area (Å²) in [5.74, 6) is 0.949. The van der Waals surface area contributed by atoms with Gasteiger partial charge in [-0.1, -0.05) is 81.8 Å². The van der Waals surface area contributed by atoms with E-state index in [1.54, 1.807) is 0 Å². The minimum atomic E-state index is -0.0412. The van der Waals surface area contributed by atoms with E-state index in [0.717, 1.165) is 43.7 Å². The van der Waals surface area contributed by atoms with Gasteiger partial charge in [-0.2, -0.15) is 4.79 Å². The maximum Gasteiger partial charge on any atom is 0.514 e. The highest BCUT2D eigenvalue weighted by Crippen LogP contribution is 2.43. The molecule has 2 aromatic carbocycles. The Morgan fingerprint density at radius 1 is 1.03 bits per heavy atom. The van der Waals surface area contributed by atoms with Gasteiger partial charge in [-0.3, -0.25) is 0 Å². The van der Waals surface area contributed by atoms with E-state index in [2.05, 4.69) is 75.4 Å². The Morgan fingerprint density at radius 2 is 1.78 bits per heavy atom. The number of alkyl carbamates (subject to hydrolysis) is 2. The van der Waals surface area contributed by atoms with Gasteiger partial charge in [0.05, 0.1) is 6.54 Å². The topological polar surface area (TPSA) is 30.7 Å². The molecule has 1 aliphatic heterocycles. The lowest BCUT2D eigenvalue weighted by Crippen LogP contribution is -3.15. The standard InChI is InChI=1S/C29H35NO2/c1-20-13-14-26(29(2,3)23-10-5-4-6-11-23)27(17-20)32-28(31)30-16-15-25-22(19-30)18-21-9-7-8-12-24(21)25/h4-12,20,26-27H,13-19H2,1-3H3/p+1. The Morgan fingerprint density at radius 3 is 2.59 bits per heavy atom. The summed E-state index contributed by atoms with van der Waals surface area (Å²) in [4.78, 5) is 14.3. The van der Waals surface area contributed by atoms with Gasteiger partial charge in [0.1, 0.15) is 12.6 Å². The molecule has 5 rings (SSSR count). The lowest BCUT2D eigenvalue weighted by molar-refractivity contribution is -0.820. The van der Waals surface area contributed by atoms with Gasteiger partial charge in [0.2, 0.25) is 0 Å². The number of quaternary nitrogens is 1. The predicted molar refractivity (Wildman–Crippen MR) is 129 cm³/mol. The molecule has 0 radical (unpaired) electrons. The number of fused-ring (bicyclic) bond motifs is 2. The van der Waals surface area contributed by atoms with Crippen LogP contribution in [0.5, 0.6) is 0 Å². The van der Waals surface area contributed by atoms with Crippen LogP contribution in [0, 0.1) is 11.8 Å². The van der Waals surface area contributed by atoms with E-state index >= 15 is 0 Å². The number of hydrogen-bond donors (Lipinski definition) is 1. The summed E-state index contributed by atoms with van der Waals surface area (Å²) in [6, 6.07) is 19.5. The number of carbonyl (C=O) groups is 1. The molecule has 4 unspecified atom stereocenters. The van der Waals surface area contributed by atoms with Gasteiger partial charge in [-0.15, -0.1) is 0 Å². The maximum atomic E-state index is 13.4. The number of rotatable bonds is 3. The van der Waals surface area contributed by atoms with Crippen molar-refractivity contribution in [2.75, 3.05) is 13.1 Å². The number of amides is 1. The van der Waals surface area contributed by atoms with Crippen molar-refractivity contribution < 1.29 is 14.4 Å². The van der Waals surface area contributed by atoms with E-state index in [-0.39, 0.29) is 17.6 Å². The number of hydrogen-bond acceptors (Lipinski definition) is 2. The molecule has 0 saturated heterocycles. The van der Waals surface area contributed by atoms with Crippen molar-refractivity contribution in [3.05, 3.63) is 76.9 Å². The van der Waals surface area contributed by atoms with Crippen LogP contribution in [0.1, 0.15) is 63.1 Å². The highest BCUT2D eigenvalue weighted by molar-refractivity contribution is 5.77. The molecule has 32 heavy (non-hydrogen) atoms. The molecular weight excluding hydrogens is 394 g/mol. The Bertz CT molecular complexity index is 1020. The third kappa shape index (κ3) is 3.92. The second kappa shape index (κ2) is 8.51. The molecule has 1 fully saturated rings. The number of benzene rings is 2. The third-order valence-electron chi connectivity index (χ3n) is 8.32. The minimum absolute atomic E-state index is 0.00916. The van der Waals surface area contributed by atoms with Crippen LogP contribution in [0.25, 0.3) is 5.57 Å². The maximum absolute atomic E-state index is 13.4. The van der Waals surface area contributed by atoms with Gasteiger partial charge in [0.25, 0.3) is 0 Å². The first-order valence-corrected chi connectivity index (χ1v) is 12.3. The zero-order valence-corrected chi connectivity index (χ0v) is 19.7. The number of carbonyl (C=O) groups excluding carboxylic acids is 1. The third-order valence-corrected chi connectivity index (χ3v) is 8.32. The second-order valence-electron chi connectivity index (χ2n) is 10.8. The van der Waals surface area contributed by atoms with Gasteiger partial charge < -0.3 is 4.74 Å². The molecule has 0 aromatic heterocycles. The summed E-state index contributed by atoms with van der Waals surface area (Å²) in [5.41, 5.74) is 7.05. The molecule has 3 heteroatoms. The fourth-order valence-electron chi connectivity index (χ4n) is 6.36. The van der Waals surface area contributed by atoms with Crippen LogP contribution in [0.4, 0.5) is 4.79 Å². The van der Waals surface area contributed by atoms with Crippen LogP contribution < -0.4 is 4.90 Å². The second-order valence-corrected chi connectivity index (χ2v) is 10.8. The molecule has 1 heterocycles. The van der Waals surface area contributed by atoms with Crippen LogP contribution in [0.3, 0.4) is 0 Å². The van der Waals surface area contributed by atoms with Crippen LogP contribution in [-0.4, -0.2) is 25.3 Å². The Hall–Kier alpha value is -2.39. The minimum Gasteiger partial charge on any atom is -0.416 e. The summed E-state index contributed by atoms with van der Waals surface area (Å²) < 4.78 is 6.35. The summed E-state index contributed by atoms with van der Waals surface area (Å²) >= 11 is 0. The van der Waals surface area contributed by atoms with E-state index in [9.17, 15) is 4.79 Å². The van der Waals surface area contributed by atoms with Crippen LogP contribution in [0.15, 0.2) is 60.2 Å². The molecule has 168 valence electrons. The SMILES string of the molecule is CC1CCC(C(C)(C)c2ccccc2)C(OC(=O)[NH+]2CCC3=C(Cc4ccccc43)C2)C1. The first-order valence-electron chi connectivity index (χ1n) is 12.3. The molecule has 4 atom stereocenters. The van der Waals surface area contributed by atoms with Crippen molar-refractivity contribution >= 4 is 11.7 Å². The van der Waals surface area contributed by atoms with Gasteiger partial charge in [-0.05, 0) is 52.0 Å². The Kier molecular flexibility index (Phi) is 5.71. The van der Waals surface area contributed by atoms with Crippen molar-refractivity contribution in [1.82, 2.24) is 0 Å². The summed E-state index contributed by atoms with van der Waals surface area (Å²) in [7, 11) is 0. The van der Waals surface area contributed by atoms with Crippen molar-refractivity contribution in [3.8, 4) is 0 Å². The lowest BCUT2D eigenvalue weighted by Gasteiger charge is -2.43. The molecule has 3 nitrogen and oxygen atoms in total. The molecule has 2 aromatic rings. The van der Waals surface area contributed by atoms with E-state index < -0.39 is 0 Å². The fraction of sp³-hybridized carbons (Fsp3) is 0.483. The predicted octanol–water partition coefficient (Wildman–Crippen LogP) is 5.20. The van der Waals surface area contributed by atoms with E-state index in [1.807, 2.05) is 0 Å². The molecule has 1 amide bonds. The molecule has 1 N–H and O–H groups in total. The van der Waals surface area contributed by atoms with Crippen LogP contribution in [0.2, 0.25) is 0 Å². The average Bonchev–Trinajstić information content (AvgIpc) is 3.17. The van der Waals surface area contributed by atoms with Crippen molar-refractivity contribution in [1.29, 1.82) is 0 Å². The summed E-state index contributed by atoms with van der Waals surface area (Å²) in [6.45, 7) is 8.57. The molecule has 3 aliphatic rings. The van der Waals surface area contributed by atoms with Crippen molar-refractivity contribution in [2.45, 2.75) is 64.4 Å². The fourth-order valence-corrected chi connectivity index (χ4v) is 6.36. The Labute approximate surface area is 192 Å². The number of ether oxygens (including phenoxy) is 1. The van der Waals surface area contributed by atoms with Gasteiger partial charge >= 0.3 is 6.09 Å². The van der Waals surface area contributed by atoms with Gasteiger partial charge in [0, 0.05) is 18.8 Å². The Balaban J connectivity index is 1.31. The van der Waals surface area contributed by atoms with Crippen molar-refractivity contribution in [2.24, 2.45) is 11.8 Å².